The fourth-order valence-electron chi connectivity index (χ4n) is 5.87. The van der Waals surface area contributed by atoms with Gasteiger partial charge in [-0.15, -0.1) is 0 Å². The third kappa shape index (κ3) is 33.9. The molecule has 0 amide bonds. The first-order valence-electron chi connectivity index (χ1n) is 18.3. The van der Waals surface area contributed by atoms with Crippen molar-refractivity contribution in [2.24, 2.45) is 0 Å². The van der Waals surface area contributed by atoms with Crippen molar-refractivity contribution in [2.45, 2.75) is 219 Å². The fraction of sp³-hybridized carbons (Fsp3) is 1.00. The van der Waals surface area contributed by atoms with Crippen LogP contribution in [0.3, 0.4) is 0 Å². The van der Waals surface area contributed by atoms with Crippen LogP contribution in [0, 0.1) is 5.21 Å². The van der Waals surface area contributed by atoms with Crippen molar-refractivity contribution in [1.29, 1.82) is 0 Å². The molecule has 0 aliphatic carbocycles. The van der Waals surface area contributed by atoms with E-state index in [1.807, 2.05) is 0 Å². The molecule has 0 radical (unpaired) electrons. The van der Waals surface area contributed by atoms with E-state index in [1.165, 1.54) is 193 Å². The monoisotopic (exact) mass is 538 g/mol. The maximum absolute atomic E-state index is 12.1. The molecular weight excluding hydrogens is 462 g/mol. The van der Waals surface area contributed by atoms with Gasteiger partial charge in [0, 0.05) is 0 Å². The van der Waals surface area contributed by atoms with Crippen molar-refractivity contribution >= 4 is 0 Å². The minimum absolute atomic E-state index is 0.528. The number of hydrogen-bond donors (Lipinski definition) is 1. The molecule has 0 atom stereocenters. The lowest BCUT2D eigenvalue weighted by Gasteiger charge is -2.22. The van der Waals surface area contributed by atoms with Gasteiger partial charge in [-0.1, -0.05) is 194 Å². The highest BCUT2D eigenvalue weighted by Crippen LogP contribution is 2.15. The highest BCUT2D eigenvalue weighted by molar-refractivity contribution is 4.51. The standard InChI is InChI=1S/C36H75NO/c1-3-5-7-9-11-13-15-17-19-21-23-25-27-29-31-33-35-37(38)36-34-32-30-28-26-24-22-20-18-16-14-12-10-8-6-4-2/h37H,3-36H2,1-2H3. The Kier molecular flexibility index (Phi) is 34.9. The summed E-state index contributed by atoms with van der Waals surface area (Å²) in [7, 11) is 0. The van der Waals surface area contributed by atoms with Gasteiger partial charge in [0.05, 0.1) is 13.1 Å². The second-order valence-corrected chi connectivity index (χ2v) is 12.6. The van der Waals surface area contributed by atoms with Crippen LogP contribution < -0.4 is 5.06 Å². The maximum atomic E-state index is 12.1. The molecule has 230 valence electrons. The third-order valence-electron chi connectivity index (χ3n) is 8.62. The van der Waals surface area contributed by atoms with Gasteiger partial charge < -0.3 is 10.3 Å². The van der Waals surface area contributed by atoms with Gasteiger partial charge in [0.25, 0.3) is 0 Å². The van der Waals surface area contributed by atoms with Crippen LogP contribution in [0.5, 0.6) is 0 Å². The van der Waals surface area contributed by atoms with Crippen molar-refractivity contribution in [3.05, 3.63) is 5.21 Å². The summed E-state index contributed by atoms with van der Waals surface area (Å²) in [6, 6.07) is 0. The van der Waals surface area contributed by atoms with E-state index >= 15 is 0 Å². The summed E-state index contributed by atoms with van der Waals surface area (Å²) in [6.07, 6.45) is 44.7. The van der Waals surface area contributed by atoms with Gasteiger partial charge in [0.2, 0.25) is 0 Å². The molecule has 1 N–H and O–H groups in total. The van der Waals surface area contributed by atoms with Gasteiger partial charge in [-0.3, -0.25) is 0 Å². The first kappa shape index (κ1) is 37.9. The third-order valence-corrected chi connectivity index (χ3v) is 8.62. The lowest BCUT2D eigenvalue weighted by atomic mass is 10.0. The lowest BCUT2D eigenvalue weighted by molar-refractivity contribution is -0.848. The molecule has 0 aromatic rings. The van der Waals surface area contributed by atoms with Gasteiger partial charge in [-0.2, -0.15) is 0 Å². The van der Waals surface area contributed by atoms with Crippen molar-refractivity contribution in [2.75, 3.05) is 13.1 Å². The molecule has 0 spiro atoms. The average molecular weight is 538 g/mol. The number of hydroxylamine groups is 2. The van der Waals surface area contributed by atoms with E-state index in [-0.39, 0.29) is 0 Å². The topological polar surface area (TPSA) is 27.5 Å². The number of hydrogen-bond acceptors (Lipinski definition) is 1. The first-order chi connectivity index (χ1) is 18.8. The predicted molar refractivity (Wildman–Crippen MR) is 173 cm³/mol. The highest BCUT2D eigenvalue weighted by Gasteiger charge is 2.00. The summed E-state index contributed by atoms with van der Waals surface area (Å²) < 4.78 is 0. The second-order valence-electron chi connectivity index (χ2n) is 12.6. The van der Waals surface area contributed by atoms with E-state index in [1.54, 1.807) is 0 Å². The SMILES string of the molecule is CCCCCCCCCCCCCCCCCC[NH+]([O-])CCCCCCCCCCCCCCCCCC. The fourth-order valence-corrected chi connectivity index (χ4v) is 5.87. The number of quaternary nitrogens is 1. The number of nitrogens with one attached hydrogen (secondary N) is 1. The molecule has 0 unspecified atom stereocenters. The van der Waals surface area contributed by atoms with Crippen molar-refractivity contribution in [3.63, 3.8) is 0 Å². The molecule has 0 saturated heterocycles. The molecule has 0 aliphatic rings. The van der Waals surface area contributed by atoms with Crippen molar-refractivity contribution in [1.82, 2.24) is 0 Å². The van der Waals surface area contributed by atoms with Crippen LogP contribution in [0.1, 0.15) is 219 Å². The zero-order valence-electron chi connectivity index (χ0n) is 26.9. The predicted octanol–water partition coefficient (Wildman–Crippen LogP) is 11.9. The Morgan fingerprint density at radius 2 is 0.421 bits per heavy atom. The Morgan fingerprint density at radius 3 is 0.605 bits per heavy atom. The van der Waals surface area contributed by atoms with Crippen LogP contribution in [-0.2, 0) is 0 Å². The van der Waals surface area contributed by atoms with Gasteiger partial charge in [-0.05, 0) is 25.7 Å². The van der Waals surface area contributed by atoms with E-state index in [0.29, 0.717) is 5.06 Å². The molecule has 2 nitrogen and oxygen atoms in total. The van der Waals surface area contributed by atoms with Gasteiger partial charge in [0.15, 0.2) is 0 Å². The van der Waals surface area contributed by atoms with E-state index < -0.39 is 0 Å². The normalized spacial score (nSPS) is 11.7. The summed E-state index contributed by atoms with van der Waals surface area (Å²) in [5.41, 5.74) is 0. The summed E-state index contributed by atoms with van der Waals surface area (Å²) in [6.45, 7) is 6.28. The Morgan fingerprint density at radius 1 is 0.263 bits per heavy atom. The summed E-state index contributed by atoms with van der Waals surface area (Å²) >= 11 is 0. The Labute approximate surface area is 242 Å². The molecule has 38 heavy (non-hydrogen) atoms. The average Bonchev–Trinajstić information content (AvgIpc) is 2.92. The smallest absolute Gasteiger partial charge is 0.0768 e. The maximum Gasteiger partial charge on any atom is 0.0768 e. The van der Waals surface area contributed by atoms with Crippen molar-refractivity contribution in [3.8, 4) is 0 Å². The van der Waals surface area contributed by atoms with E-state index in [9.17, 15) is 5.21 Å². The van der Waals surface area contributed by atoms with Crippen LogP contribution in [-0.4, -0.2) is 13.1 Å². The van der Waals surface area contributed by atoms with Gasteiger partial charge in [-0.25, -0.2) is 0 Å². The van der Waals surface area contributed by atoms with Crippen LogP contribution in [0.4, 0.5) is 0 Å². The molecule has 2 heteroatoms. The highest BCUT2D eigenvalue weighted by atomic mass is 16.5. The number of unbranched alkanes of at least 4 members (excludes halogenated alkanes) is 30. The molecular formula is C36H75NO. The van der Waals surface area contributed by atoms with Crippen molar-refractivity contribution < 1.29 is 5.06 Å². The second kappa shape index (κ2) is 34.9. The Balaban J connectivity index is 3.13. The molecule has 0 aromatic heterocycles. The largest absolute Gasteiger partial charge is 0.634 e. The van der Waals surface area contributed by atoms with Crippen LogP contribution in [0.15, 0.2) is 0 Å². The quantitative estimate of drug-likeness (QED) is 0.0641. The molecule has 0 rings (SSSR count). The number of rotatable bonds is 34. The zero-order chi connectivity index (χ0) is 27.6. The summed E-state index contributed by atoms with van der Waals surface area (Å²) in [4.78, 5) is 0. The zero-order valence-corrected chi connectivity index (χ0v) is 26.9. The Hall–Kier alpha value is -0.0800. The van der Waals surface area contributed by atoms with Gasteiger partial charge >= 0.3 is 0 Å². The minimum atomic E-state index is 0.528. The molecule has 0 aliphatic heterocycles. The van der Waals surface area contributed by atoms with E-state index in [0.717, 1.165) is 25.9 Å². The lowest BCUT2D eigenvalue weighted by Crippen LogP contribution is -3.07. The molecule has 0 bridgehead atoms. The Bertz CT molecular complexity index is 363. The van der Waals surface area contributed by atoms with Gasteiger partial charge in [0.1, 0.15) is 0 Å². The van der Waals surface area contributed by atoms with Crippen LogP contribution >= 0.6 is 0 Å². The molecule has 0 heterocycles. The molecule has 0 fully saturated rings. The first-order valence-corrected chi connectivity index (χ1v) is 18.3. The molecule has 0 saturated carbocycles. The van der Waals surface area contributed by atoms with Crippen LogP contribution in [0.2, 0.25) is 0 Å². The summed E-state index contributed by atoms with van der Waals surface area (Å²) in [5, 5.41) is 12.7. The van der Waals surface area contributed by atoms with E-state index in [4.69, 9.17) is 0 Å². The summed E-state index contributed by atoms with van der Waals surface area (Å²) in [5.74, 6) is 0. The van der Waals surface area contributed by atoms with E-state index in [2.05, 4.69) is 13.8 Å². The molecule has 0 aromatic carbocycles. The van der Waals surface area contributed by atoms with Crippen LogP contribution in [0.25, 0.3) is 0 Å². The minimum Gasteiger partial charge on any atom is -0.634 e.